The molecule has 1 fully saturated rings. The molecule has 0 radical (unpaired) electrons. The summed E-state index contributed by atoms with van der Waals surface area (Å²) in [5, 5.41) is -2.21. The highest BCUT2D eigenvalue weighted by atomic mass is 35.5. The molecule has 0 bridgehead atoms. The Labute approximate surface area is 148 Å². The Bertz CT molecular complexity index is 554. The lowest BCUT2D eigenvalue weighted by Gasteiger charge is -2.46. The van der Waals surface area contributed by atoms with E-state index in [0.717, 1.165) is 27.7 Å². The van der Waals surface area contributed by atoms with Crippen LogP contribution in [0.15, 0.2) is 0 Å². The van der Waals surface area contributed by atoms with Crippen molar-refractivity contribution in [2.24, 2.45) is 5.73 Å². The molecule has 0 aromatic rings. The van der Waals surface area contributed by atoms with Crippen molar-refractivity contribution in [2.45, 2.75) is 57.3 Å². The second kappa shape index (κ2) is 8.45. The summed E-state index contributed by atoms with van der Waals surface area (Å²) in [5.74, 6) is -2.92. The van der Waals surface area contributed by atoms with Crippen molar-refractivity contribution < 1.29 is 42.9 Å². The Morgan fingerprint density at radius 3 is 1.92 bits per heavy atom. The smallest absolute Gasteiger partial charge is 0.313 e. The van der Waals surface area contributed by atoms with Gasteiger partial charge < -0.3 is 29.4 Å². The van der Waals surface area contributed by atoms with Crippen LogP contribution in [0.3, 0.4) is 0 Å². The minimum absolute atomic E-state index is 0.409. The lowest BCUT2D eigenvalue weighted by molar-refractivity contribution is -0.286. The number of rotatable bonds is 5. The van der Waals surface area contributed by atoms with Gasteiger partial charge >= 0.3 is 29.1 Å². The van der Waals surface area contributed by atoms with Gasteiger partial charge in [-0.3, -0.25) is 19.2 Å². The molecule has 1 heterocycles. The van der Waals surface area contributed by atoms with Crippen LogP contribution in [0.2, 0.25) is 0 Å². The SMILES string of the molecule is CC(=O)OC[C@H]1OC(Cl)(OC(C)=O)[C@H](N)[C@@H](OC(C)=O)[C@H]1OC(C)=O. The first-order valence-corrected chi connectivity index (χ1v) is 7.63. The number of esters is 4. The van der Waals surface area contributed by atoms with Crippen LogP contribution in [-0.2, 0) is 42.9 Å². The molecular formula is C14H20ClNO9. The van der Waals surface area contributed by atoms with Gasteiger partial charge in [0.15, 0.2) is 12.2 Å². The van der Waals surface area contributed by atoms with E-state index in [1.165, 1.54) is 0 Å². The largest absolute Gasteiger partial charge is 0.463 e. The number of alkyl halides is 1. The van der Waals surface area contributed by atoms with Crippen LogP contribution in [0.1, 0.15) is 27.7 Å². The molecule has 10 nitrogen and oxygen atoms in total. The fourth-order valence-corrected chi connectivity index (χ4v) is 2.59. The summed E-state index contributed by atoms with van der Waals surface area (Å²) in [4.78, 5) is 45.2. The van der Waals surface area contributed by atoms with Gasteiger partial charge in [0.2, 0.25) is 0 Å². The van der Waals surface area contributed by atoms with Crippen LogP contribution in [0.5, 0.6) is 0 Å². The van der Waals surface area contributed by atoms with Crippen LogP contribution in [-0.4, -0.2) is 60.1 Å². The van der Waals surface area contributed by atoms with E-state index in [-0.39, 0.29) is 0 Å². The second-order valence-corrected chi connectivity index (χ2v) is 5.84. The Morgan fingerprint density at radius 2 is 1.48 bits per heavy atom. The standard InChI is InChI=1S/C14H20ClNO9/c1-6(17)21-5-10-11(22-7(2)18)12(23-8(3)19)13(16)14(15,25-10)24-9(4)20/h10-13H,5,16H2,1-4H3/t10-,11+,12+,13-,14?/m1/s1. The predicted molar refractivity (Wildman–Crippen MR) is 80.9 cm³/mol. The lowest BCUT2D eigenvalue weighted by Crippen LogP contribution is -2.69. The molecule has 1 rings (SSSR count). The highest BCUT2D eigenvalue weighted by molar-refractivity contribution is 6.23. The average Bonchev–Trinajstić information content (AvgIpc) is 2.43. The van der Waals surface area contributed by atoms with Crippen molar-refractivity contribution >= 4 is 35.5 Å². The van der Waals surface area contributed by atoms with Crippen LogP contribution >= 0.6 is 11.6 Å². The molecule has 0 aliphatic carbocycles. The number of hydrogen-bond acceptors (Lipinski definition) is 10. The van der Waals surface area contributed by atoms with Gasteiger partial charge in [-0.25, -0.2) is 0 Å². The maximum Gasteiger partial charge on any atom is 0.313 e. The van der Waals surface area contributed by atoms with E-state index in [0.29, 0.717) is 0 Å². The Balaban J connectivity index is 3.22. The first kappa shape index (κ1) is 21.1. The molecule has 5 atom stereocenters. The molecule has 1 aliphatic heterocycles. The highest BCUT2D eigenvalue weighted by Gasteiger charge is 2.58. The third-order valence-corrected chi connectivity index (χ3v) is 3.51. The first-order chi connectivity index (χ1) is 11.5. The van der Waals surface area contributed by atoms with E-state index in [4.69, 9.17) is 41.0 Å². The fraction of sp³-hybridized carbons (Fsp3) is 0.714. The molecule has 0 spiro atoms. The summed E-state index contributed by atoms with van der Waals surface area (Å²) in [6.45, 7) is 4.04. The molecule has 2 N–H and O–H groups in total. The maximum atomic E-state index is 11.4. The number of hydrogen-bond donors (Lipinski definition) is 1. The molecule has 0 aromatic heterocycles. The first-order valence-electron chi connectivity index (χ1n) is 7.26. The van der Waals surface area contributed by atoms with E-state index in [1.54, 1.807) is 0 Å². The van der Waals surface area contributed by atoms with E-state index in [9.17, 15) is 19.2 Å². The normalized spacial score (nSPS) is 31.6. The van der Waals surface area contributed by atoms with Crippen molar-refractivity contribution in [2.75, 3.05) is 6.61 Å². The molecule has 0 aromatic carbocycles. The lowest BCUT2D eigenvalue weighted by atomic mass is 9.96. The number of carbonyl (C=O) groups excluding carboxylic acids is 4. The van der Waals surface area contributed by atoms with Crippen molar-refractivity contribution in [1.82, 2.24) is 0 Å². The number of nitrogens with two attached hydrogens (primary N) is 1. The summed E-state index contributed by atoms with van der Waals surface area (Å²) in [5.41, 5.74) is 5.93. The van der Waals surface area contributed by atoms with Crippen molar-refractivity contribution in [3.8, 4) is 0 Å². The summed E-state index contributed by atoms with van der Waals surface area (Å²) in [6, 6.07) is -1.39. The molecule has 1 saturated heterocycles. The average molecular weight is 382 g/mol. The second-order valence-electron chi connectivity index (χ2n) is 5.31. The van der Waals surface area contributed by atoms with Crippen LogP contribution in [0.4, 0.5) is 0 Å². The number of carbonyl (C=O) groups is 4. The molecule has 1 unspecified atom stereocenters. The summed E-state index contributed by atoms with van der Waals surface area (Å²) in [7, 11) is 0. The van der Waals surface area contributed by atoms with Crippen molar-refractivity contribution in [3.05, 3.63) is 0 Å². The van der Waals surface area contributed by atoms with Gasteiger partial charge in [0, 0.05) is 27.7 Å². The minimum Gasteiger partial charge on any atom is -0.463 e. The van der Waals surface area contributed by atoms with Gasteiger partial charge in [-0.1, -0.05) is 0 Å². The topological polar surface area (TPSA) is 140 Å². The zero-order valence-electron chi connectivity index (χ0n) is 14.1. The zero-order valence-corrected chi connectivity index (χ0v) is 14.9. The summed E-state index contributed by atoms with van der Waals surface area (Å²) >= 11 is 6.15. The zero-order chi connectivity index (χ0) is 19.4. The van der Waals surface area contributed by atoms with E-state index in [2.05, 4.69) is 0 Å². The number of halogens is 1. The van der Waals surface area contributed by atoms with Crippen LogP contribution in [0, 0.1) is 0 Å². The quantitative estimate of drug-likeness (QED) is 0.379. The van der Waals surface area contributed by atoms with E-state index >= 15 is 0 Å². The van der Waals surface area contributed by atoms with Gasteiger partial charge in [-0.2, -0.15) is 0 Å². The molecule has 0 amide bonds. The van der Waals surface area contributed by atoms with Crippen molar-refractivity contribution in [3.63, 3.8) is 0 Å². The Morgan fingerprint density at radius 1 is 0.960 bits per heavy atom. The van der Waals surface area contributed by atoms with Gasteiger partial charge in [0.25, 0.3) is 0 Å². The van der Waals surface area contributed by atoms with Gasteiger partial charge in [-0.05, 0) is 11.6 Å². The maximum absolute atomic E-state index is 11.4. The molecule has 1 aliphatic rings. The highest BCUT2D eigenvalue weighted by Crippen LogP contribution is 2.36. The summed E-state index contributed by atoms with van der Waals surface area (Å²) in [6.07, 6.45) is -3.75. The monoisotopic (exact) mass is 381 g/mol. The van der Waals surface area contributed by atoms with E-state index in [1.807, 2.05) is 0 Å². The predicted octanol–water partition coefficient (Wildman–Crippen LogP) is -0.405. The van der Waals surface area contributed by atoms with E-state index < -0.39 is 60.1 Å². The van der Waals surface area contributed by atoms with Gasteiger partial charge in [0.1, 0.15) is 18.8 Å². The molecule has 25 heavy (non-hydrogen) atoms. The summed E-state index contributed by atoms with van der Waals surface area (Å²) < 4.78 is 25.4. The molecule has 0 saturated carbocycles. The molecular weight excluding hydrogens is 362 g/mol. The van der Waals surface area contributed by atoms with Crippen molar-refractivity contribution in [1.29, 1.82) is 0 Å². The Hall–Kier alpha value is -1.91. The third kappa shape index (κ3) is 5.83. The van der Waals surface area contributed by atoms with Crippen LogP contribution < -0.4 is 5.73 Å². The molecule has 142 valence electrons. The fourth-order valence-electron chi connectivity index (χ4n) is 2.25. The number of ether oxygens (including phenoxy) is 5. The Kier molecular flexibility index (Phi) is 7.15. The van der Waals surface area contributed by atoms with Crippen LogP contribution in [0.25, 0.3) is 0 Å². The van der Waals surface area contributed by atoms with Gasteiger partial charge in [0.05, 0.1) is 0 Å². The minimum atomic E-state index is -2.21. The van der Waals surface area contributed by atoms with Gasteiger partial charge in [-0.15, -0.1) is 0 Å². The molecule has 11 heteroatoms. The third-order valence-electron chi connectivity index (χ3n) is 3.09.